The lowest BCUT2D eigenvalue weighted by molar-refractivity contribution is -0.137. The summed E-state index contributed by atoms with van der Waals surface area (Å²) in [6, 6.07) is 1.75. The highest BCUT2D eigenvalue weighted by molar-refractivity contribution is 5.85. The van der Waals surface area contributed by atoms with Crippen LogP contribution in [0.4, 0.5) is 5.95 Å². The van der Waals surface area contributed by atoms with Crippen molar-refractivity contribution >= 4 is 17.9 Å². The summed E-state index contributed by atoms with van der Waals surface area (Å²) in [5.74, 6) is -1.31. The van der Waals surface area contributed by atoms with E-state index in [9.17, 15) is 14.7 Å². The van der Waals surface area contributed by atoms with Crippen LogP contribution in [-0.4, -0.2) is 82.5 Å². The Morgan fingerprint density at radius 2 is 1.96 bits per heavy atom. The number of ether oxygens (including phenoxy) is 1. The number of morpholine rings is 1. The molecule has 1 aromatic rings. The Kier molecular flexibility index (Phi) is 6.22. The van der Waals surface area contributed by atoms with Crippen LogP contribution in [0.15, 0.2) is 6.07 Å². The zero-order valence-corrected chi connectivity index (χ0v) is 15.5. The first-order valence-corrected chi connectivity index (χ1v) is 9.31. The molecule has 3 rings (SSSR count). The summed E-state index contributed by atoms with van der Waals surface area (Å²) >= 11 is 0. The van der Waals surface area contributed by atoms with E-state index in [1.165, 1.54) is 6.07 Å². The minimum atomic E-state index is -1.08. The van der Waals surface area contributed by atoms with Gasteiger partial charge in [0.15, 0.2) is 5.69 Å². The topological polar surface area (TPSA) is 116 Å². The molecule has 2 aliphatic heterocycles. The van der Waals surface area contributed by atoms with Crippen molar-refractivity contribution in [1.82, 2.24) is 14.9 Å². The first-order chi connectivity index (χ1) is 12.9. The average Bonchev–Trinajstić information content (AvgIpc) is 2.66. The summed E-state index contributed by atoms with van der Waals surface area (Å²) in [6.07, 6.45) is 1.56. The Morgan fingerprint density at radius 3 is 2.63 bits per heavy atom. The van der Waals surface area contributed by atoms with Crippen LogP contribution in [0.25, 0.3) is 0 Å². The van der Waals surface area contributed by atoms with E-state index >= 15 is 0 Å². The molecular formula is C18H26N4O5. The van der Waals surface area contributed by atoms with Crippen LogP contribution >= 0.6 is 0 Å². The highest BCUT2D eigenvalue weighted by atomic mass is 16.5. The van der Waals surface area contributed by atoms with Crippen molar-refractivity contribution in [2.75, 3.05) is 44.3 Å². The van der Waals surface area contributed by atoms with E-state index in [0.29, 0.717) is 50.4 Å². The SMILES string of the molecule is Cc1cc(C(=O)O)nc(N2CC[C@H](N3CCOCC3)[C@H](CCC(=O)O)C2)n1. The lowest BCUT2D eigenvalue weighted by Crippen LogP contribution is -2.54. The second-order valence-corrected chi connectivity index (χ2v) is 7.14. The van der Waals surface area contributed by atoms with Crippen LogP contribution in [0.3, 0.4) is 0 Å². The van der Waals surface area contributed by atoms with Crippen molar-refractivity contribution in [3.05, 3.63) is 17.5 Å². The quantitative estimate of drug-likeness (QED) is 0.744. The molecule has 0 saturated carbocycles. The van der Waals surface area contributed by atoms with Crippen molar-refractivity contribution in [2.45, 2.75) is 32.2 Å². The van der Waals surface area contributed by atoms with E-state index in [0.717, 1.165) is 19.5 Å². The molecule has 27 heavy (non-hydrogen) atoms. The summed E-state index contributed by atoms with van der Waals surface area (Å²) in [7, 11) is 0. The van der Waals surface area contributed by atoms with E-state index in [4.69, 9.17) is 9.84 Å². The normalized spacial score (nSPS) is 24.0. The van der Waals surface area contributed by atoms with Gasteiger partial charge in [0, 0.05) is 44.3 Å². The van der Waals surface area contributed by atoms with Crippen molar-refractivity contribution in [1.29, 1.82) is 0 Å². The number of rotatable bonds is 6. The van der Waals surface area contributed by atoms with Crippen LogP contribution in [0, 0.1) is 12.8 Å². The highest BCUT2D eigenvalue weighted by Crippen LogP contribution is 2.29. The first kappa shape index (κ1) is 19.5. The van der Waals surface area contributed by atoms with E-state index in [2.05, 4.69) is 14.9 Å². The summed E-state index contributed by atoms with van der Waals surface area (Å²) < 4.78 is 5.44. The number of aliphatic carboxylic acids is 1. The molecule has 0 aromatic carbocycles. The molecule has 2 atom stereocenters. The fourth-order valence-electron chi connectivity index (χ4n) is 3.99. The van der Waals surface area contributed by atoms with Crippen LogP contribution in [-0.2, 0) is 9.53 Å². The average molecular weight is 378 g/mol. The molecule has 0 amide bonds. The van der Waals surface area contributed by atoms with E-state index in [1.807, 2.05) is 4.90 Å². The van der Waals surface area contributed by atoms with Gasteiger partial charge in [0.2, 0.25) is 5.95 Å². The third kappa shape index (κ3) is 4.92. The van der Waals surface area contributed by atoms with Gasteiger partial charge < -0.3 is 19.8 Å². The smallest absolute Gasteiger partial charge is 0.354 e. The molecule has 2 aliphatic rings. The highest BCUT2D eigenvalue weighted by Gasteiger charge is 2.35. The molecular weight excluding hydrogens is 352 g/mol. The van der Waals surface area contributed by atoms with Crippen molar-refractivity contribution < 1.29 is 24.5 Å². The molecule has 0 bridgehead atoms. The molecule has 0 radical (unpaired) electrons. The van der Waals surface area contributed by atoms with Crippen LogP contribution < -0.4 is 4.90 Å². The predicted molar refractivity (Wildman–Crippen MR) is 97.1 cm³/mol. The van der Waals surface area contributed by atoms with Crippen LogP contribution in [0.5, 0.6) is 0 Å². The van der Waals surface area contributed by atoms with Gasteiger partial charge in [0.05, 0.1) is 13.2 Å². The molecule has 2 saturated heterocycles. The maximum Gasteiger partial charge on any atom is 0.354 e. The Bertz CT molecular complexity index is 692. The van der Waals surface area contributed by atoms with Crippen molar-refractivity contribution in [3.63, 3.8) is 0 Å². The number of aromatic carboxylic acids is 1. The van der Waals surface area contributed by atoms with Gasteiger partial charge in [-0.3, -0.25) is 9.69 Å². The monoisotopic (exact) mass is 378 g/mol. The van der Waals surface area contributed by atoms with Crippen LogP contribution in [0.1, 0.15) is 35.4 Å². The Morgan fingerprint density at radius 1 is 1.22 bits per heavy atom. The van der Waals surface area contributed by atoms with Gasteiger partial charge in [-0.25, -0.2) is 14.8 Å². The first-order valence-electron chi connectivity index (χ1n) is 9.31. The zero-order valence-electron chi connectivity index (χ0n) is 15.5. The number of hydrogen-bond donors (Lipinski definition) is 2. The number of anilines is 1. The summed E-state index contributed by atoms with van der Waals surface area (Å²) in [5.41, 5.74) is 0.588. The van der Waals surface area contributed by atoms with Gasteiger partial charge in [-0.05, 0) is 31.7 Å². The summed E-state index contributed by atoms with van der Waals surface area (Å²) in [4.78, 5) is 35.4. The number of carboxylic acid groups (broad SMARTS) is 2. The molecule has 0 aliphatic carbocycles. The number of nitrogens with zero attached hydrogens (tertiary/aromatic N) is 4. The fourth-order valence-corrected chi connectivity index (χ4v) is 3.99. The fraction of sp³-hybridized carbons (Fsp3) is 0.667. The number of piperidine rings is 1. The molecule has 1 aromatic heterocycles. The minimum Gasteiger partial charge on any atom is -0.481 e. The Hall–Kier alpha value is -2.26. The number of carbonyl (C=O) groups is 2. The molecule has 9 heteroatoms. The lowest BCUT2D eigenvalue weighted by atomic mass is 9.87. The van der Waals surface area contributed by atoms with Crippen molar-refractivity contribution in [2.24, 2.45) is 5.92 Å². The lowest BCUT2D eigenvalue weighted by Gasteiger charge is -2.45. The minimum absolute atomic E-state index is 0.0186. The second-order valence-electron chi connectivity index (χ2n) is 7.14. The number of aryl methyl sites for hydroxylation is 1. The number of carboxylic acids is 2. The zero-order chi connectivity index (χ0) is 19.4. The number of aromatic nitrogens is 2. The summed E-state index contributed by atoms with van der Waals surface area (Å²) in [6.45, 7) is 6.21. The van der Waals surface area contributed by atoms with Gasteiger partial charge in [-0.15, -0.1) is 0 Å². The van der Waals surface area contributed by atoms with Gasteiger partial charge in [-0.1, -0.05) is 0 Å². The largest absolute Gasteiger partial charge is 0.481 e. The van der Waals surface area contributed by atoms with Gasteiger partial charge in [-0.2, -0.15) is 0 Å². The van der Waals surface area contributed by atoms with Gasteiger partial charge in [0.1, 0.15) is 0 Å². The molecule has 148 valence electrons. The molecule has 2 N–H and O–H groups in total. The van der Waals surface area contributed by atoms with Crippen LogP contribution in [0.2, 0.25) is 0 Å². The van der Waals surface area contributed by atoms with Crippen molar-refractivity contribution in [3.8, 4) is 0 Å². The van der Waals surface area contributed by atoms with Gasteiger partial charge >= 0.3 is 11.9 Å². The molecule has 2 fully saturated rings. The molecule has 0 spiro atoms. The molecule has 9 nitrogen and oxygen atoms in total. The number of hydrogen-bond acceptors (Lipinski definition) is 7. The summed E-state index contributed by atoms with van der Waals surface area (Å²) in [5, 5.41) is 18.4. The Labute approximate surface area is 158 Å². The molecule has 3 heterocycles. The third-order valence-electron chi connectivity index (χ3n) is 5.28. The molecule has 0 unspecified atom stereocenters. The second kappa shape index (κ2) is 8.62. The van der Waals surface area contributed by atoms with E-state index in [1.54, 1.807) is 6.92 Å². The Balaban J connectivity index is 1.77. The predicted octanol–water partition coefficient (Wildman–Crippen LogP) is 0.875. The standard InChI is InChI=1S/C18H26N4O5/c1-12-10-14(17(25)26)20-18(19-12)22-5-4-15(21-6-8-27-9-7-21)13(11-22)2-3-16(23)24/h10,13,15H,2-9,11H2,1H3,(H,23,24)(H,25,26)/t13-,15+/m1/s1. The maximum atomic E-state index is 11.3. The van der Waals surface area contributed by atoms with E-state index < -0.39 is 11.9 Å². The third-order valence-corrected chi connectivity index (χ3v) is 5.28. The maximum absolute atomic E-state index is 11.3. The van der Waals surface area contributed by atoms with Gasteiger partial charge in [0.25, 0.3) is 0 Å². The van der Waals surface area contributed by atoms with E-state index in [-0.39, 0.29) is 18.0 Å².